The zero-order valence-corrected chi connectivity index (χ0v) is 13.9. The van der Waals surface area contributed by atoms with Gasteiger partial charge in [-0.1, -0.05) is 12.1 Å². The van der Waals surface area contributed by atoms with Crippen LogP contribution in [-0.4, -0.2) is 0 Å². The van der Waals surface area contributed by atoms with Crippen molar-refractivity contribution < 1.29 is 8.98 Å². The van der Waals surface area contributed by atoms with E-state index in [2.05, 4.69) is 35.8 Å². The van der Waals surface area contributed by atoms with Gasteiger partial charge in [-0.05, 0) is 43.2 Å². The van der Waals surface area contributed by atoms with Gasteiger partial charge in [-0.2, -0.15) is 5.26 Å². The number of pyridine rings is 1. The van der Waals surface area contributed by atoms with Gasteiger partial charge in [-0.25, -0.2) is 4.57 Å². The quantitative estimate of drug-likeness (QED) is 0.483. The van der Waals surface area contributed by atoms with Gasteiger partial charge in [0.1, 0.15) is 18.2 Å². The maximum Gasteiger partial charge on any atom is 0.216 e. The molecular formula is C21H17N2O+. The number of nitrogens with zero attached hydrogens (tertiary/aromatic N) is 2. The molecule has 4 aromatic rings. The second-order valence-corrected chi connectivity index (χ2v) is 6.21. The molecule has 2 heterocycles. The van der Waals surface area contributed by atoms with Crippen LogP contribution < -0.4 is 4.57 Å². The fraction of sp³-hybridized carbons (Fsp3) is 0.143. The van der Waals surface area contributed by atoms with E-state index in [1.54, 1.807) is 0 Å². The van der Waals surface area contributed by atoms with E-state index in [0.717, 1.165) is 38.8 Å². The molecule has 0 saturated carbocycles. The van der Waals surface area contributed by atoms with Crippen molar-refractivity contribution in [2.24, 2.45) is 7.05 Å². The minimum absolute atomic E-state index is 0.657. The van der Waals surface area contributed by atoms with Crippen LogP contribution in [0.5, 0.6) is 0 Å². The van der Waals surface area contributed by atoms with Gasteiger partial charge in [0.05, 0.1) is 17.2 Å². The lowest BCUT2D eigenvalue weighted by atomic mass is 9.99. The summed E-state index contributed by atoms with van der Waals surface area (Å²) in [7, 11) is 2.04. The molecule has 4 rings (SSSR count). The number of rotatable bonds is 1. The predicted molar refractivity (Wildman–Crippen MR) is 94.5 cm³/mol. The lowest BCUT2D eigenvalue weighted by molar-refractivity contribution is -0.660. The van der Waals surface area contributed by atoms with Gasteiger partial charge in [0, 0.05) is 22.9 Å². The fourth-order valence-corrected chi connectivity index (χ4v) is 3.31. The first kappa shape index (κ1) is 14.5. The maximum atomic E-state index is 9.27. The molecule has 3 heteroatoms. The summed E-state index contributed by atoms with van der Waals surface area (Å²) < 4.78 is 8.30. The van der Waals surface area contributed by atoms with Crippen molar-refractivity contribution >= 4 is 21.9 Å². The number of benzene rings is 2. The molecule has 3 nitrogen and oxygen atoms in total. The summed E-state index contributed by atoms with van der Waals surface area (Å²) >= 11 is 0. The van der Waals surface area contributed by atoms with E-state index < -0.39 is 0 Å². The van der Waals surface area contributed by atoms with Crippen LogP contribution >= 0.6 is 0 Å². The van der Waals surface area contributed by atoms with Gasteiger partial charge in [0.25, 0.3) is 0 Å². The highest BCUT2D eigenvalue weighted by atomic mass is 16.3. The molecule has 0 radical (unpaired) electrons. The molecule has 0 amide bonds. The van der Waals surface area contributed by atoms with E-state index in [-0.39, 0.29) is 0 Å². The Morgan fingerprint density at radius 2 is 1.83 bits per heavy atom. The van der Waals surface area contributed by atoms with Crippen molar-refractivity contribution in [3.05, 3.63) is 65.4 Å². The molecule has 0 aliphatic heterocycles. The van der Waals surface area contributed by atoms with Gasteiger partial charge in [-0.15, -0.1) is 0 Å². The summed E-state index contributed by atoms with van der Waals surface area (Å²) in [5.74, 6) is 0. The van der Waals surface area contributed by atoms with E-state index in [0.29, 0.717) is 5.56 Å². The standard InChI is InChI=1S/C21H17N2O/c1-13-7-8-16-17-10-14(2)15(12-22)11-19(17)24-21(16)20(13)18-6-4-5-9-23(18)3/h4-11H,1-3H3/q+1. The normalized spacial score (nSPS) is 11.1. The number of hydrogen-bond donors (Lipinski definition) is 0. The molecule has 116 valence electrons. The monoisotopic (exact) mass is 313 g/mol. The third-order valence-electron chi connectivity index (χ3n) is 4.63. The van der Waals surface area contributed by atoms with Gasteiger partial charge in [-0.3, -0.25) is 0 Å². The maximum absolute atomic E-state index is 9.27. The number of furan rings is 1. The Hall–Kier alpha value is -3.12. The Morgan fingerprint density at radius 3 is 2.58 bits per heavy atom. The number of nitriles is 1. The van der Waals surface area contributed by atoms with E-state index in [4.69, 9.17) is 4.42 Å². The van der Waals surface area contributed by atoms with Crippen molar-refractivity contribution in [1.82, 2.24) is 0 Å². The molecule has 2 aromatic heterocycles. The molecule has 0 saturated heterocycles. The second-order valence-electron chi connectivity index (χ2n) is 6.21. The zero-order valence-electron chi connectivity index (χ0n) is 13.9. The molecule has 0 atom stereocenters. The molecule has 0 aliphatic rings. The summed E-state index contributed by atoms with van der Waals surface area (Å²) in [6, 6.07) is 16.5. The lowest BCUT2D eigenvalue weighted by Crippen LogP contribution is -2.30. The Bertz CT molecular complexity index is 1150. The minimum atomic E-state index is 0.657. The van der Waals surface area contributed by atoms with Crippen LogP contribution in [-0.2, 0) is 7.05 Å². The molecule has 0 aliphatic carbocycles. The first-order valence-corrected chi connectivity index (χ1v) is 7.91. The third-order valence-corrected chi connectivity index (χ3v) is 4.63. The van der Waals surface area contributed by atoms with Crippen LogP contribution in [0.25, 0.3) is 33.2 Å². The highest BCUT2D eigenvalue weighted by molar-refractivity contribution is 6.10. The van der Waals surface area contributed by atoms with Crippen molar-refractivity contribution in [3.8, 4) is 17.3 Å². The van der Waals surface area contributed by atoms with E-state index in [1.807, 2.05) is 44.4 Å². The Labute approximate surface area is 140 Å². The summed E-state index contributed by atoms with van der Waals surface area (Å²) in [5, 5.41) is 11.4. The molecular weight excluding hydrogens is 296 g/mol. The highest BCUT2D eigenvalue weighted by Crippen LogP contribution is 2.37. The summed E-state index contributed by atoms with van der Waals surface area (Å²) in [6.07, 6.45) is 2.04. The Kier molecular flexibility index (Phi) is 3.14. The van der Waals surface area contributed by atoms with E-state index in [9.17, 15) is 5.26 Å². The van der Waals surface area contributed by atoms with Crippen LogP contribution in [0.15, 0.2) is 53.1 Å². The molecule has 0 fully saturated rings. The summed E-state index contributed by atoms with van der Waals surface area (Å²) in [5.41, 5.74) is 6.64. The molecule has 2 aromatic carbocycles. The van der Waals surface area contributed by atoms with Crippen LogP contribution in [0, 0.1) is 25.2 Å². The van der Waals surface area contributed by atoms with Gasteiger partial charge in [0.15, 0.2) is 6.20 Å². The number of hydrogen-bond acceptors (Lipinski definition) is 2. The predicted octanol–water partition coefficient (Wildman–Crippen LogP) is 4.57. The molecule has 0 bridgehead atoms. The molecule has 24 heavy (non-hydrogen) atoms. The van der Waals surface area contributed by atoms with Crippen molar-refractivity contribution in [1.29, 1.82) is 5.26 Å². The molecule has 0 N–H and O–H groups in total. The first-order valence-electron chi connectivity index (χ1n) is 7.91. The minimum Gasteiger partial charge on any atom is -0.455 e. The van der Waals surface area contributed by atoms with Crippen LogP contribution in [0.3, 0.4) is 0 Å². The highest BCUT2D eigenvalue weighted by Gasteiger charge is 2.20. The van der Waals surface area contributed by atoms with E-state index in [1.165, 1.54) is 5.56 Å². The zero-order chi connectivity index (χ0) is 16.8. The summed E-state index contributed by atoms with van der Waals surface area (Å²) in [4.78, 5) is 0. The largest absolute Gasteiger partial charge is 0.455 e. The van der Waals surface area contributed by atoms with Crippen molar-refractivity contribution in [3.63, 3.8) is 0 Å². The van der Waals surface area contributed by atoms with Crippen LogP contribution in [0.2, 0.25) is 0 Å². The smallest absolute Gasteiger partial charge is 0.216 e. The number of aromatic nitrogens is 1. The number of fused-ring (bicyclic) bond motifs is 3. The lowest BCUT2D eigenvalue weighted by Gasteiger charge is -2.04. The second kappa shape index (κ2) is 5.21. The van der Waals surface area contributed by atoms with Gasteiger partial charge >= 0.3 is 0 Å². The first-order chi connectivity index (χ1) is 11.6. The van der Waals surface area contributed by atoms with E-state index >= 15 is 0 Å². The topological polar surface area (TPSA) is 40.8 Å². The Balaban J connectivity index is 2.15. The van der Waals surface area contributed by atoms with Crippen molar-refractivity contribution in [2.45, 2.75) is 13.8 Å². The van der Waals surface area contributed by atoms with Crippen LogP contribution in [0.4, 0.5) is 0 Å². The Morgan fingerprint density at radius 1 is 1.00 bits per heavy atom. The fourth-order valence-electron chi connectivity index (χ4n) is 3.31. The average Bonchev–Trinajstić information content (AvgIpc) is 2.92. The molecule has 0 unspecified atom stereocenters. The van der Waals surface area contributed by atoms with Crippen LogP contribution in [0.1, 0.15) is 16.7 Å². The summed E-state index contributed by atoms with van der Waals surface area (Å²) in [6.45, 7) is 4.06. The average molecular weight is 313 g/mol. The molecule has 0 spiro atoms. The van der Waals surface area contributed by atoms with Crippen molar-refractivity contribution in [2.75, 3.05) is 0 Å². The SMILES string of the molecule is Cc1cc2c(cc1C#N)oc1c(-c3cccc[n+]3C)c(C)ccc12. The third kappa shape index (κ3) is 2.00. The van der Waals surface area contributed by atoms with Gasteiger partial charge in [0.2, 0.25) is 5.69 Å². The number of aryl methyl sites for hydroxylation is 3. The van der Waals surface area contributed by atoms with Gasteiger partial charge < -0.3 is 4.42 Å².